The number of fused-ring (bicyclic) bond motifs is 3. The van der Waals surface area contributed by atoms with E-state index in [1.165, 1.54) is 24.5 Å². The molecule has 0 fully saturated rings. The third-order valence-electron chi connectivity index (χ3n) is 4.16. The molecule has 3 rings (SSSR count). The number of furan rings is 1. The summed E-state index contributed by atoms with van der Waals surface area (Å²) < 4.78 is 35.8. The first-order valence-corrected chi connectivity index (χ1v) is 14.1. The number of hydrogen-bond donors (Lipinski definition) is 2. The first-order chi connectivity index (χ1) is 18.9. The van der Waals surface area contributed by atoms with Gasteiger partial charge in [0.2, 0.25) is 0 Å². The fourth-order valence-electron chi connectivity index (χ4n) is 2.84. The summed E-state index contributed by atoms with van der Waals surface area (Å²) in [6, 6.07) is 4.19. The molecule has 0 radical (unpaired) electrons. The number of carbonyl (C=O) groups excluding carboxylic acids is 1. The number of pyridine rings is 1. The number of allylic oxidation sites excluding steroid dienone is 3. The zero-order chi connectivity index (χ0) is 31.6. The minimum atomic E-state index is -3.05. The molecule has 0 aliphatic rings. The maximum absolute atomic E-state index is 13.0. The lowest BCUT2D eigenvalue weighted by atomic mass is 10.1. The summed E-state index contributed by atoms with van der Waals surface area (Å²) >= 11 is 12.4. The minimum Gasteiger partial charge on any atom is -0.452 e. The Morgan fingerprint density at radius 3 is 2.15 bits per heavy atom. The molecule has 0 spiro atoms. The Kier molecular flexibility index (Phi) is 20.0. The van der Waals surface area contributed by atoms with Crippen LogP contribution in [-0.2, 0) is 0 Å². The molecule has 226 valence electrons. The molecule has 40 heavy (non-hydrogen) atoms. The maximum Gasteiger partial charge on any atom is 0.387 e. The highest BCUT2D eigenvalue weighted by atomic mass is 35.5. The van der Waals surface area contributed by atoms with Crippen LogP contribution in [-0.4, -0.2) is 28.2 Å². The summed E-state index contributed by atoms with van der Waals surface area (Å²) in [7, 11) is 0. The Bertz CT molecular complexity index is 1230. The highest BCUT2D eigenvalue weighted by Gasteiger charge is 2.23. The Balaban J connectivity index is 0. The second-order valence-corrected chi connectivity index (χ2v) is 8.93. The molecular formula is C30H44Cl2F2N2O4. The standard InChI is InChI=1S/C20H16Cl2F2N2O3.C4H10O.3C2H6/c1-3-12(21)17(13(22)4-2)26-19(27)10-5-6-15(29-20(23)24)18-16(10)11-9-25-8-7-14(11)28-18;1-4(2,3)5;3*1-2/h3,5-9,20H,4H2,1-2H3,(H,26,27);5H,1-3H3;3*1-2H3/b12-3+,17-13-;;;;. The van der Waals surface area contributed by atoms with E-state index < -0.39 is 18.1 Å². The van der Waals surface area contributed by atoms with Crippen LogP contribution in [0.15, 0.2) is 56.8 Å². The van der Waals surface area contributed by atoms with E-state index in [4.69, 9.17) is 32.7 Å². The van der Waals surface area contributed by atoms with E-state index in [0.717, 1.165) is 0 Å². The third-order valence-corrected chi connectivity index (χ3v) is 5.02. The van der Waals surface area contributed by atoms with Crippen molar-refractivity contribution >= 4 is 51.0 Å². The quantitative estimate of drug-likeness (QED) is 0.273. The van der Waals surface area contributed by atoms with Crippen molar-refractivity contribution in [2.45, 2.75) is 94.8 Å². The van der Waals surface area contributed by atoms with Crippen LogP contribution in [0.1, 0.15) is 92.9 Å². The van der Waals surface area contributed by atoms with Crippen LogP contribution in [0.5, 0.6) is 5.75 Å². The molecule has 0 saturated heterocycles. The molecule has 2 heterocycles. The van der Waals surface area contributed by atoms with Crippen molar-refractivity contribution in [3.63, 3.8) is 0 Å². The highest BCUT2D eigenvalue weighted by molar-refractivity contribution is 6.36. The summed E-state index contributed by atoms with van der Waals surface area (Å²) in [4.78, 5) is 17.1. The number of alkyl halides is 2. The molecule has 0 unspecified atom stereocenters. The van der Waals surface area contributed by atoms with Crippen molar-refractivity contribution in [2.24, 2.45) is 0 Å². The largest absolute Gasteiger partial charge is 0.452 e. The van der Waals surface area contributed by atoms with Crippen LogP contribution < -0.4 is 10.1 Å². The van der Waals surface area contributed by atoms with E-state index in [-0.39, 0.29) is 27.6 Å². The van der Waals surface area contributed by atoms with Crippen LogP contribution in [0, 0.1) is 0 Å². The van der Waals surface area contributed by atoms with Gasteiger partial charge in [-0.25, -0.2) is 0 Å². The van der Waals surface area contributed by atoms with E-state index in [0.29, 0.717) is 27.8 Å². The van der Waals surface area contributed by atoms with Gasteiger partial charge in [0.05, 0.1) is 21.9 Å². The molecule has 0 saturated carbocycles. The van der Waals surface area contributed by atoms with Crippen molar-refractivity contribution in [3.05, 3.63) is 58.0 Å². The minimum absolute atomic E-state index is 0.0187. The van der Waals surface area contributed by atoms with Gasteiger partial charge < -0.3 is 19.6 Å². The molecule has 0 aliphatic heterocycles. The molecule has 6 nitrogen and oxygen atoms in total. The molecule has 1 aromatic carbocycles. The summed E-state index contributed by atoms with van der Waals surface area (Å²) in [5.74, 6) is -0.719. The van der Waals surface area contributed by atoms with Gasteiger partial charge in [-0.15, -0.1) is 0 Å². The lowest BCUT2D eigenvalue weighted by molar-refractivity contribution is -0.0493. The lowest BCUT2D eigenvalue weighted by Gasteiger charge is -2.13. The SMILES string of the molecule is C/C=C(Cl)\C(NC(=O)c1ccc(OC(F)F)c2oc3ccncc3c12)=C(\Cl)CC.CC.CC.CC.CC(C)(C)O. The van der Waals surface area contributed by atoms with Crippen molar-refractivity contribution in [2.75, 3.05) is 0 Å². The van der Waals surface area contributed by atoms with Crippen molar-refractivity contribution in [3.8, 4) is 5.75 Å². The van der Waals surface area contributed by atoms with Gasteiger partial charge in [-0.2, -0.15) is 8.78 Å². The van der Waals surface area contributed by atoms with Gasteiger partial charge in [0.25, 0.3) is 5.91 Å². The number of aromatic nitrogens is 1. The summed E-state index contributed by atoms with van der Waals surface area (Å²) in [6.45, 7) is 17.7. The second kappa shape index (κ2) is 20.2. The number of carbonyl (C=O) groups is 1. The average Bonchev–Trinajstić information content (AvgIpc) is 3.33. The lowest BCUT2D eigenvalue weighted by Crippen LogP contribution is -2.24. The Morgan fingerprint density at radius 2 is 1.68 bits per heavy atom. The van der Waals surface area contributed by atoms with Gasteiger partial charge in [-0.05, 0) is 52.3 Å². The van der Waals surface area contributed by atoms with E-state index >= 15 is 0 Å². The number of halogens is 4. The number of nitrogens with one attached hydrogen (secondary N) is 1. The molecule has 2 aromatic heterocycles. The monoisotopic (exact) mass is 604 g/mol. The van der Waals surface area contributed by atoms with Gasteiger partial charge in [0.15, 0.2) is 11.3 Å². The van der Waals surface area contributed by atoms with Gasteiger partial charge in [-0.1, -0.05) is 77.7 Å². The first kappa shape index (κ1) is 39.5. The van der Waals surface area contributed by atoms with E-state index in [1.54, 1.807) is 39.8 Å². The topological polar surface area (TPSA) is 84.6 Å². The molecule has 0 bridgehead atoms. The van der Waals surface area contributed by atoms with Gasteiger partial charge in [0, 0.05) is 28.2 Å². The van der Waals surface area contributed by atoms with Gasteiger partial charge >= 0.3 is 6.61 Å². The van der Waals surface area contributed by atoms with Gasteiger partial charge in [0.1, 0.15) is 5.58 Å². The second-order valence-electron chi connectivity index (χ2n) is 8.06. The average molecular weight is 606 g/mol. The Labute approximate surface area is 247 Å². The Hall–Kier alpha value is -2.68. The van der Waals surface area contributed by atoms with Crippen LogP contribution in [0.2, 0.25) is 0 Å². The fourth-order valence-corrected chi connectivity index (χ4v) is 3.20. The van der Waals surface area contributed by atoms with Crippen LogP contribution in [0.4, 0.5) is 8.78 Å². The Morgan fingerprint density at radius 1 is 1.12 bits per heavy atom. The zero-order valence-corrected chi connectivity index (χ0v) is 26.9. The number of amides is 1. The van der Waals surface area contributed by atoms with Crippen LogP contribution in [0.25, 0.3) is 21.9 Å². The molecule has 3 aromatic rings. The van der Waals surface area contributed by atoms with Crippen LogP contribution in [0.3, 0.4) is 0 Å². The summed E-state index contributed by atoms with van der Waals surface area (Å²) in [5.41, 5.74) is 0.343. The van der Waals surface area contributed by atoms with Crippen molar-refractivity contribution in [1.82, 2.24) is 10.3 Å². The zero-order valence-electron chi connectivity index (χ0n) is 25.4. The molecule has 1 amide bonds. The number of aliphatic hydroxyl groups is 1. The molecule has 2 N–H and O–H groups in total. The predicted molar refractivity (Wildman–Crippen MR) is 164 cm³/mol. The summed E-state index contributed by atoms with van der Waals surface area (Å²) in [6.07, 6.45) is 5.03. The van der Waals surface area contributed by atoms with E-state index in [1.807, 2.05) is 48.5 Å². The molecule has 0 atom stereocenters. The predicted octanol–water partition coefficient (Wildman–Crippen LogP) is 10.2. The van der Waals surface area contributed by atoms with Crippen molar-refractivity contribution < 1.29 is 27.8 Å². The number of rotatable bonds is 6. The molecule has 0 aliphatic carbocycles. The maximum atomic E-state index is 13.0. The van der Waals surface area contributed by atoms with Crippen molar-refractivity contribution in [1.29, 1.82) is 0 Å². The molecular weight excluding hydrogens is 561 g/mol. The van der Waals surface area contributed by atoms with Gasteiger partial charge in [-0.3, -0.25) is 9.78 Å². The smallest absolute Gasteiger partial charge is 0.387 e. The highest BCUT2D eigenvalue weighted by Crippen LogP contribution is 2.37. The van der Waals surface area contributed by atoms with Crippen LogP contribution >= 0.6 is 23.2 Å². The summed E-state index contributed by atoms with van der Waals surface area (Å²) in [5, 5.41) is 12.6. The number of benzene rings is 1. The fraction of sp³-hybridized carbons (Fsp3) is 0.467. The molecule has 10 heteroatoms. The third kappa shape index (κ3) is 12.7. The normalized spacial score (nSPS) is 11.5. The number of ether oxygens (including phenoxy) is 1. The van der Waals surface area contributed by atoms with E-state index in [9.17, 15) is 13.6 Å². The van der Waals surface area contributed by atoms with E-state index in [2.05, 4.69) is 15.0 Å². The first-order valence-electron chi connectivity index (χ1n) is 13.4. The number of nitrogens with zero attached hydrogens (tertiary/aromatic N) is 1. The number of hydrogen-bond acceptors (Lipinski definition) is 5.